The molecule has 1 fully saturated rings. The van der Waals surface area contributed by atoms with E-state index in [1.807, 2.05) is 0 Å². The highest BCUT2D eigenvalue weighted by Gasteiger charge is 2.37. The maximum absolute atomic E-state index is 13.3. The van der Waals surface area contributed by atoms with Crippen LogP contribution in [0.15, 0.2) is 12.2 Å². The van der Waals surface area contributed by atoms with Gasteiger partial charge in [-0.1, -0.05) is 6.58 Å². The molecule has 0 radical (unpaired) electrons. The average molecular weight is 250 g/mol. The molecule has 0 aromatic carbocycles. The summed E-state index contributed by atoms with van der Waals surface area (Å²) in [4.78, 5) is 13.2. The van der Waals surface area contributed by atoms with Crippen LogP contribution >= 0.6 is 11.6 Å². The zero-order chi connectivity index (χ0) is 12.3. The van der Waals surface area contributed by atoms with E-state index in [1.54, 1.807) is 11.8 Å². The largest absolute Gasteiger partial charge is 0.468 e. The molecule has 1 saturated heterocycles. The number of hydrogen-bond acceptors (Lipinski definition) is 3. The Morgan fingerprint density at radius 3 is 2.88 bits per heavy atom. The molecule has 3 nitrogen and oxygen atoms in total. The lowest BCUT2D eigenvalue weighted by atomic mass is 10.2. The molecule has 1 aliphatic rings. The fourth-order valence-electron chi connectivity index (χ4n) is 1.79. The Labute approximate surface area is 100 Å². The maximum Gasteiger partial charge on any atom is 0.323 e. The van der Waals surface area contributed by atoms with Crippen LogP contribution in [-0.2, 0) is 9.53 Å². The van der Waals surface area contributed by atoms with Crippen LogP contribution in [0, 0.1) is 0 Å². The van der Waals surface area contributed by atoms with Crippen molar-refractivity contribution in [2.75, 3.05) is 20.2 Å². The van der Waals surface area contributed by atoms with Crippen LogP contribution in [0.1, 0.15) is 13.3 Å². The molecule has 3 atom stereocenters. The fraction of sp³-hybridized carbons (Fsp3) is 0.727. The number of alkyl halides is 2. The van der Waals surface area contributed by atoms with Crippen LogP contribution < -0.4 is 0 Å². The average Bonchev–Trinajstić information content (AvgIpc) is 2.58. The third-order valence-electron chi connectivity index (χ3n) is 2.79. The molecule has 0 spiro atoms. The first kappa shape index (κ1) is 13.5. The monoisotopic (exact) mass is 249 g/mol. The summed E-state index contributed by atoms with van der Waals surface area (Å²) in [6, 6.07) is -0.507. The van der Waals surface area contributed by atoms with Gasteiger partial charge >= 0.3 is 5.97 Å². The Bertz CT molecular complexity index is 283. The summed E-state index contributed by atoms with van der Waals surface area (Å²) in [5, 5.41) is -0.183. The van der Waals surface area contributed by atoms with Crippen molar-refractivity contribution >= 4 is 17.6 Å². The van der Waals surface area contributed by atoms with Crippen LogP contribution in [0.4, 0.5) is 4.39 Å². The van der Waals surface area contributed by atoms with Crippen LogP contribution in [0.3, 0.4) is 0 Å². The zero-order valence-corrected chi connectivity index (χ0v) is 10.3. The van der Waals surface area contributed by atoms with Crippen LogP contribution in [0.5, 0.6) is 0 Å². The van der Waals surface area contributed by atoms with Crippen molar-refractivity contribution in [1.82, 2.24) is 4.90 Å². The summed E-state index contributed by atoms with van der Waals surface area (Å²) < 4.78 is 17.9. The molecule has 1 heterocycles. The van der Waals surface area contributed by atoms with Crippen molar-refractivity contribution in [3.63, 3.8) is 0 Å². The highest BCUT2D eigenvalue weighted by Crippen LogP contribution is 2.23. The number of hydrogen-bond donors (Lipinski definition) is 0. The molecule has 0 bridgehead atoms. The zero-order valence-electron chi connectivity index (χ0n) is 9.58. The lowest BCUT2D eigenvalue weighted by Crippen LogP contribution is -2.38. The predicted molar refractivity (Wildman–Crippen MR) is 61.3 cm³/mol. The number of halogens is 2. The topological polar surface area (TPSA) is 29.5 Å². The smallest absolute Gasteiger partial charge is 0.323 e. The number of ether oxygens (including phenoxy) is 1. The van der Waals surface area contributed by atoms with Crippen LogP contribution in [-0.4, -0.2) is 48.7 Å². The van der Waals surface area contributed by atoms with E-state index in [0.29, 0.717) is 6.54 Å². The van der Waals surface area contributed by atoms with Gasteiger partial charge in [-0.2, -0.15) is 0 Å². The summed E-state index contributed by atoms with van der Waals surface area (Å²) in [7, 11) is 1.31. The second-order valence-corrected chi connectivity index (χ2v) is 4.73. The molecule has 0 aliphatic carbocycles. The van der Waals surface area contributed by atoms with Crippen molar-refractivity contribution in [3.8, 4) is 0 Å². The molecule has 0 aromatic rings. The highest BCUT2D eigenvalue weighted by atomic mass is 35.5. The first-order chi connectivity index (χ1) is 7.45. The molecular formula is C11H17ClFNO2. The predicted octanol–water partition coefficient (Wildman–Crippen LogP) is 1.76. The van der Waals surface area contributed by atoms with Gasteiger partial charge in [-0.25, -0.2) is 4.39 Å². The Morgan fingerprint density at radius 2 is 2.38 bits per heavy atom. The minimum Gasteiger partial charge on any atom is -0.468 e. The third kappa shape index (κ3) is 3.19. The number of carbonyl (C=O) groups excluding carboxylic acids is 1. The normalized spacial score (nSPS) is 27.8. The van der Waals surface area contributed by atoms with Gasteiger partial charge in [-0.05, 0) is 12.5 Å². The van der Waals surface area contributed by atoms with Gasteiger partial charge in [-0.15, -0.1) is 11.6 Å². The number of methoxy groups -OCH3 is 1. The minimum atomic E-state index is -0.984. The Kier molecular flexibility index (Phi) is 4.74. The van der Waals surface area contributed by atoms with Gasteiger partial charge in [0.15, 0.2) is 0 Å². The number of rotatable bonds is 4. The van der Waals surface area contributed by atoms with Gasteiger partial charge in [0.25, 0.3) is 0 Å². The van der Waals surface area contributed by atoms with Gasteiger partial charge < -0.3 is 4.74 Å². The Hall–Kier alpha value is -0.610. The van der Waals surface area contributed by atoms with E-state index in [0.717, 1.165) is 5.57 Å². The van der Waals surface area contributed by atoms with Gasteiger partial charge in [0, 0.05) is 19.5 Å². The van der Waals surface area contributed by atoms with E-state index >= 15 is 0 Å². The summed E-state index contributed by atoms with van der Waals surface area (Å²) in [5.74, 6) is -0.393. The molecule has 0 saturated carbocycles. The quantitative estimate of drug-likeness (QED) is 0.432. The van der Waals surface area contributed by atoms with E-state index in [-0.39, 0.29) is 18.3 Å². The molecule has 0 N–H and O–H groups in total. The molecular weight excluding hydrogens is 233 g/mol. The maximum atomic E-state index is 13.3. The molecule has 92 valence electrons. The van der Waals surface area contributed by atoms with Crippen LogP contribution in [0.25, 0.3) is 0 Å². The van der Waals surface area contributed by atoms with Crippen molar-refractivity contribution in [2.24, 2.45) is 0 Å². The van der Waals surface area contributed by atoms with Crippen molar-refractivity contribution in [2.45, 2.75) is 30.9 Å². The standard InChI is InChI=1S/C11H17ClFNO2/c1-7(8(2)12)5-14-6-9(13)4-10(14)11(15)16-3/h8-10H,1,4-6H2,2-3H3/t8?,9-,10+/m1/s1. The molecule has 5 heteroatoms. The third-order valence-corrected chi connectivity index (χ3v) is 3.10. The minimum absolute atomic E-state index is 0.183. The Balaban J connectivity index is 2.63. The van der Waals surface area contributed by atoms with E-state index in [9.17, 15) is 9.18 Å². The van der Waals surface area contributed by atoms with Gasteiger partial charge in [0.2, 0.25) is 0 Å². The second kappa shape index (κ2) is 5.64. The fourth-order valence-corrected chi connectivity index (χ4v) is 1.86. The summed E-state index contributed by atoms with van der Waals surface area (Å²) in [6.07, 6.45) is -0.793. The highest BCUT2D eigenvalue weighted by molar-refractivity contribution is 6.22. The number of nitrogens with zero attached hydrogens (tertiary/aromatic N) is 1. The lowest BCUT2D eigenvalue weighted by Gasteiger charge is -2.23. The number of esters is 1. The second-order valence-electron chi connectivity index (χ2n) is 4.08. The van der Waals surface area contributed by atoms with E-state index < -0.39 is 18.2 Å². The molecule has 16 heavy (non-hydrogen) atoms. The van der Waals surface area contributed by atoms with E-state index in [2.05, 4.69) is 11.3 Å². The number of carbonyl (C=O) groups is 1. The molecule has 1 rings (SSSR count). The van der Waals surface area contributed by atoms with E-state index in [4.69, 9.17) is 11.6 Å². The van der Waals surface area contributed by atoms with Crippen molar-refractivity contribution < 1.29 is 13.9 Å². The summed E-state index contributed by atoms with van der Waals surface area (Å²) in [6.45, 7) is 6.29. The molecule has 0 aromatic heterocycles. The molecule has 1 aliphatic heterocycles. The van der Waals surface area contributed by atoms with Crippen molar-refractivity contribution in [1.29, 1.82) is 0 Å². The van der Waals surface area contributed by atoms with Crippen molar-refractivity contribution in [3.05, 3.63) is 12.2 Å². The Morgan fingerprint density at radius 1 is 1.75 bits per heavy atom. The van der Waals surface area contributed by atoms with E-state index in [1.165, 1.54) is 7.11 Å². The van der Waals surface area contributed by atoms with Gasteiger partial charge in [-0.3, -0.25) is 9.69 Å². The summed E-state index contributed by atoms with van der Waals surface area (Å²) in [5.41, 5.74) is 0.782. The first-order valence-electron chi connectivity index (χ1n) is 5.23. The SMILES string of the molecule is C=C(CN1C[C@H](F)C[C@H]1C(=O)OC)C(C)Cl. The lowest BCUT2D eigenvalue weighted by molar-refractivity contribution is -0.145. The molecule has 0 amide bonds. The number of likely N-dealkylation sites (tertiary alicyclic amines) is 1. The first-order valence-corrected chi connectivity index (χ1v) is 5.67. The molecule has 1 unspecified atom stereocenters. The van der Waals surface area contributed by atoms with Gasteiger partial charge in [0.1, 0.15) is 12.2 Å². The van der Waals surface area contributed by atoms with Crippen LogP contribution in [0.2, 0.25) is 0 Å². The summed E-state index contributed by atoms with van der Waals surface area (Å²) >= 11 is 5.87. The van der Waals surface area contributed by atoms with Gasteiger partial charge in [0.05, 0.1) is 12.5 Å².